The van der Waals surface area contributed by atoms with E-state index in [9.17, 15) is 0 Å². The first-order valence-electron chi connectivity index (χ1n) is 7.53. The number of hydrogen-bond donors (Lipinski definition) is 2. The second kappa shape index (κ2) is 7.07. The molecule has 112 valence electrons. The largest absolute Gasteiger partial charge is 0.370 e. The van der Waals surface area contributed by atoms with Gasteiger partial charge in [-0.15, -0.1) is 0 Å². The predicted molar refractivity (Wildman–Crippen MR) is 88.8 cm³/mol. The van der Waals surface area contributed by atoms with Crippen molar-refractivity contribution in [3.63, 3.8) is 0 Å². The minimum Gasteiger partial charge on any atom is -0.370 e. The summed E-state index contributed by atoms with van der Waals surface area (Å²) in [5.74, 6) is 2.18. The average molecular weight is 284 g/mol. The van der Waals surface area contributed by atoms with Crippen molar-refractivity contribution >= 4 is 11.6 Å². The molecule has 4 nitrogen and oxygen atoms in total. The molecule has 0 saturated heterocycles. The first kappa shape index (κ1) is 15.3. The van der Waals surface area contributed by atoms with E-state index in [0.29, 0.717) is 5.92 Å². The van der Waals surface area contributed by atoms with Gasteiger partial charge in [0.15, 0.2) is 0 Å². The van der Waals surface area contributed by atoms with Crippen molar-refractivity contribution in [2.75, 3.05) is 17.2 Å². The topological polar surface area (TPSA) is 49.8 Å². The van der Waals surface area contributed by atoms with Crippen LogP contribution in [-0.4, -0.2) is 16.5 Å². The lowest BCUT2D eigenvalue weighted by atomic mass is 10.0. The Kier molecular flexibility index (Phi) is 5.14. The zero-order valence-corrected chi connectivity index (χ0v) is 13.2. The van der Waals surface area contributed by atoms with E-state index in [-0.39, 0.29) is 6.04 Å². The molecule has 1 heterocycles. The fourth-order valence-electron chi connectivity index (χ4n) is 2.40. The summed E-state index contributed by atoms with van der Waals surface area (Å²) in [6.45, 7) is 9.40. The third-order valence-electron chi connectivity index (χ3n) is 3.46. The molecule has 0 aliphatic rings. The molecule has 0 fully saturated rings. The van der Waals surface area contributed by atoms with Crippen molar-refractivity contribution in [3.05, 3.63) is 47.8 Å². The van der Waals surface area contributed by atoms with Gasteiger partial charge >= 0.3 is 0 Å². The molecule has 1 atom stereocenters. The van der Waals surface area contributed by atoms with Crippen molar-refractivity contribution in [2.24, 2.45) is 0 Å². The minimum atomic E-state index is 0.202. The van der Waals surface area contributed by atoms with Crippen LogP contribution in [0.3, 0.4) is 0 Å². The quantitative estimate of drug-likeness (QED) is 0.834. The Morgan fingerprint density at radius 3 is 2.29 bits per heavy atom. The van der Waals surface area contributed by atoms with E-state index < -0.39 is 0 Å². The fourth-order valence-corrected chi connectivity index (χ4v) is 2.40. The van der Waals surface area contributed by atoms with E-state index in [2.05, 4.69) is 72.6 Å². The lowest BCUT2D eigenvalue weighted by Gasteiger charge is -2.21. The summed E-state index contributed by atoms with van der Waals surface area (Å²) < 4.78 is 0. The Morgan fingerprint density at radius 2 is 1.67 bits per heavy atom. The van der Waals surface area contributed by atoms with Crippen LogP contribution < -0.4 is 10.6 Å². The van der Waals surface area contributed by atoms with Gasteiger partial charge in [-0.3, -0.25) is 0 Å². The van der Waals surface area contributed by atoms with Crippen molar-refractivity contribution in [2.45, 2.75) is 39.7 Å². The molecule has 2 aromatic rings. The predicted octanol–water partition coefficient (Wildman–Crippen LogP) is 4.20. The van der Waals surface area contributed by atoms with Gasteiger partial charge < -0.3 is 10.6 Å². The summed E-state index contributed by atoms with van der Waals surface area (Å²) in [7, 11) is 0. The van der Waals surface area contributed by atoms with E-state index in [1.165, 1.54) is 5.56 Å². The average Bonchev–Trinajstić information content (AvgIpc) is 2.48. The van der Waals surface area contributed by atoms with Gasteiger partial charge in [-0.05, 0) is 25.3 Å². The number of rotatable bonds is 6. The van der Waals surface area contributed by atoms with Gasteiger partial charge in [-0.1, -0.05) is 44.2 Å². The van der Waals surface area contributed by atoms with Crippen molar-refractivity contribution in [1.29, 1.82) is 0 Å². The normalized spacial score (nSPS) is 12.2. The van der Waals surface area contributed by atoms with Crippen molar-refractivity contribution in [3.8, 4) is 0 Å². The van der Waals surface area contributed by atoms with Gasteiger partial charge in [0.05, 0.1) is 0 Å². The van der Waals surface area contributed by atoms with Gasteiger partial charge in [0.1, 0.15) is 18.0 Å². The standard InChI is InChI=1S/C17H24N4/c1-5-18-16-15(12(2)3)17(20-11-19-16)21-13(4)14-9-7-6-8-10-14/h6-13H,5H2,1-4H3,(H2,18,19,20,21). The maximum atomic E-state index is 4.45. The Bertz CT molecular complexity index is 566. The summed E-state index contributed by atoms with van der Waals surface area (Å²) in [6, 6.07) is 10.6. The fraction of sp³-hybridized carbons (Fsp3) is 0.412. The molecule has 0 radical (unpaired) electrons. The van der Waals surface area contributed by atoms with E-state index >= 15 is 0 Å². The lowest BCUT2D eigenvalue weighted by Crippen LogP contribution is -2.13. The molecule has 0 aliphatic carbocycles. The van der Waals surface area contributed by atoms with Gasteiger partial charge in [-0.25, -0.2) is 9.97 Å². The third kappa shape index (κ3) is 3.72. The highest BCUT2D eigenvalue weighted by atomic mass is 15.1. The highest BCUT2D eigenvalue weighted by Gasteiger charge is 2.16. The highest BCUT2D eigenvalue weighted by molar-refractivity contribution is 5.59. The zero-order chi connectivity index (χ0) is 15.2. The van der Waals surface area contributed by atoms with Gasteiger partial charge in [0, 0.05) is 18.2 Å². The van der Waals surface area contributed by atoms with Gasteiger partial charge in [0.25, 0.3) is 0 Å². The van der Waals surface area contributed by atoms with E-state index in [4.69, 9.17) is 0 Å². The van der Waals surface area contributed by atoms with Crippen LogP contribution in [0, 0.1) is 0 Å². The Morgan fingerprint density at radius 1 is 1.00 bits per heavy atom. The number of hydrogen-bond acceptors (Lipinski definition) is 4. The summed E-state index contributed by atoms with van der Waals surface area (Å²) in [4.78, 5) is 8.81. The number of benzene rings is 1. The molecular weight excluding hydrogens is 260 g/mol. The maximum absolute atomic E-state index is 4.45. The first-order valence-corrected chi connectivity index (χ1v) is 7.53. The third-order valence-corrected chi connectivity index (χ3v) is 3.46. The smallest absolute Gasteiger partial charge is 0.135 e. The number of nitrogens with one attached hydrogen (secondary N) is 2. The van der Waals surface area contributed by atoms with Crippen LogP contribution in [0.25, 0.3) is 0 Å². The van der Waals surface area contributed by atoms with Crippen LogP contribution in [0.4, 0.5) is 11.6 Å². The molecule has 0 amide bonds. The Balaban J connectivity index is 2.29. The minimum absolute atomic E-state index is 0.202. The second-order valence-corrected chi connectivity index (χ2v) is 5.45. The molecule has 0 saturated carbocycles. The molecular formula is C17H24N4. The van der Waals surface area contributed by atoms with E-state index in [0.717, 1.165) is 23.7 Å². The van der Waals surface area contributed by atoms with Crippen LogP contribution in [0.2, 0.25) is 0 Å². The molecule has 1 aromatic carbocycles. The van der Waals surface area contributed by atoms with Crippen LogP contribution in [0.15, 0.2) is 36.7 Å². The summed E-state index contributed by atoms with van der Waals surface area (Å²) in [5.41, 5.74) is 2.39. The summed E-state index contributed by atoms with van der Waals surface area (Å²) >= 11 is 0. The molecule has 2 rings (SSSR count). The molecule has 0 bridgehead atoms. The van der Waals surface area contributed by atoms with Crippen molar-refractivity contribution in [1.82, 2.24) is 9.97 Å². The first-order chi connectivity index (χ1) is 10.1. The highest BCUT2D eigenvalue weighted by Crippen LogP contribution is 2.30. The summed E-state index contributed by atoms with van der Waals surface area (Å²) in [5, 5.41) is 6.84. The Labute approximate surface area is 127 Å². The van der Waals surface area contributed by atoms with Crippen LogP contribution >= 0.6 is 0 Å². The van der Waals surface area contributed by atoms with Gasteiger partial charge in [0.2, 0.25) is 0 Å². The molecule has 2 N–H and O–H groups in total. The second-order valence-electron chi connectivity index (χ2n) is 5.45. The maximum Gasteiger partial charge on any atom is 0.135 e. The monoisotopic (exact) mass is 284 g/mol. The van der Waals surface area contributed by atoms with Crippen LogP contribution in [-0.2, 0) is 0 Å². The number of aromatic nitrogens is 2. The zero-order valence-electron chi connectivity index (χ0n) is 13.2. The number of nitrogens with zero attached hydrogens (tertiary/aromatic N) is 2. The molecule has 1 aromatic heterocycles. The SMILES string of the molecule is CCNc1ncnc(NC(C)c2ccccc2)c1C(C)C. The van der Waals surface area contributed by atoms with Crippen LogP contribution in [0.5, 0.6) is 0 Å². The van der Waals surface area contributed by atoms with E-state index in [1.807, 2.05) is 6.07 Å². The van der Waals surface area contributed by atoms with Crippen LogP contribution in [0.1, 0.15) is 50.8 Å². The van der Waals surface area contributed by atoms with Gasteiger partial charge in [-0.2, -0.15) is 0 Å². The molecule has 0 aliphatic heterocycles. The Hall–Kier alpha value is -2.10. The molecule has 0 spiro atoms. The molecule has 21 heavy (non-hydrogen) atoms. The lowest BCUT2D eigenvalue weighted by molar-refractivity contribution is 0.819. The van der Waals surface area contributed by atoms with E-state index in [1.54, 1.807) is 6.33 Å². The number of anilines is 2. The molecule has 4 heteroatoms. The summed E-state index contributed by atoms with van der Waals surface area (Å²) in [6.07, 6.45) is 1.62. The van der Waals surface area contributed by atoms with Crippen molar-refractivity contribution < 1.29 is 0 Å². The molecule has 1 unspecified atom stereocenters.